The van der Waals surface area contributed by atoms with Crippen molar-refractivity contribution in [3.63, 3.8) is 0 Å². The van der Waals surface area contributed by atoms with E-state index in [1.54, 1.807) is 0 Å². The van der Waals surface area contributed by atoms with Gasteiger partial charge in [-0.05, 0) is 50.2 Å². The molecular formula is C18H31N3. The van der Waals surface area contributed by atoms with E-state index in [9.17, 15) is 0 Å². The number of hydrogen-bond donors (Lipinski definition) is 1. The summed E-state index contributed by atoms with van der Waals surface area (Å²) in [6.45, 7) is 13.5. The van der Waals surface area contributed by atoms with Gasteiger partial charge < -0.3 is 10.2 Å². The van der Waals surface area contributed by atoms with E-state index in [1.807, 2.05) is 0 Å². The summed E-state index contributed by atoms with van der Waals surface area (Å²) in [5.74, 6) is 0. The van der Waals surface area contributed by atoms with Gasteiger partial charge in [-0.1, -0.05) is 32.9 Å². The third kappa shape index (κ3) is 4.45. The zero-order chi connectivity index (χ0) is 15.1. The van der Waals surface area contributed by atoms with Crippen molar-refractivity contribution in [3.8, 4) is 0 Å². The van der Waals surface area contributed by atoms with E-state index in [0.29, 0.717) is 0 Å². The average Bonchev–Trinajstić information content (AvgIpc) is 2.99. The van der Waals surface area contributed by atoms with Crippen LogP contribution in [0.25, 0.3) is 0 Å². The maximum absolute atomic E-state index is 3.46. The standard InChI is InChI=1S/C18H31N3/c1-4-12-19-14-16-7-9-17(10-8-16)21-13-11-18(15-21)20(5-2)6-3/h7-10,18-19H,4-6,11-15H2,1-3H3. The highest BCUT2D eigenvalue weighted by Crippen LogP contribution is 2.23. The molecule has 0 bridgehead atoms. The molecule has 0 aliphatic carbocycles. The van der Waals surface area contributed by atoms with E-state index < -0.39 is 0 Å². The first-order valence-electron chi connectivity index (χ1n) is 8.57. The van der Waals surface area contributed by atoms with Gasteiger partial charge in [-0.15, -0.1) is 0 Å². The summed E-state index contributed by atoms with van der Waals surface area (Å²) < 4.78 is 0. The molecular weight excluding hydrogens is 258 g/mol. The number of hydrogen-bond acceptors (Lipinski definition) is 3. The highest BCUT2D eigenvalue weighted by molar-refractivity contribution is 5.48. The first-order valence-corrected chi connectivity index (χ1v) is 8.57. The van der Waals surface area contributed by atoms with E-state index in [-0.39, 0.29) is 0 Å². The van der Waals surface area contributed by atoms with Gasteiger partial charge in [-0.2, -0.15) is 0 Å². The van der Waals surface area contributed by atoms with Crippen LogP contribution in [0.15, 0.2) is 24.3 Å². The molecule has 21 heavy (non-hydrogen) atoms. The summed E-state index contributed by atoms with van der Waals surface area (Å²) in [6, 6.07) is 9.83. The van der Waals surface area contributed by atoms with Gasteiger partial charge in [-0.25, -0.2) is 0 Å². The highest BCUT2D eigenvalue weighted by Gasteiger charge is 2.26. The van der Waals surface area contributed by atoms with Crippen LogP contribution in [0.3, 0.4) is 0 Å². The van der Waals surface area contributed by atoms with Gasteiger partial charge >= 0.3 is 0 Å². The fourth-order valence-corrected chi connectivity index (χ4v) is 3.25. The molecule has 0 aromatic heterocycles. The lowest BCUT2D eigenvalue weighted by atomic mass is 10.2. The van der Waals surface area contributed by atoms with Crippen molar-refractivity contribution >= 4 is 5.69 Å². The molecule has 1 heterocycles. The molecule has 1 saturated heterocycles. The molecule has 1 aromatic carbocycles. The third-order valence-corrected chi connectivity index (χ3v) is 4.55. The van der Waals surface area contributed by atoms with Gasteiger partial charge in [0.25, 0.3) is 0 Å². The summed E-state index contributed by atoms with van der Waals surface area (Å²) >= 11 is 0. The Bertz CT molecular complexity index is 397. The molecule has 1 aromatic rings. The van der Waals surface area contributed by atoms with Crippen molar-refractivity contribution in [1.82, 2.24) is 10.2 Å². The van der Waals surface area contributed by atoms with Gasteiger partial charge in [0.15, 0.2) is 0 Å². The largest absolute Gasteiger partial charge is 0.370 e. The molecule has 1 aliphatic rings. The van der Waals surface area contributed by atoms with Crippen LogP contribution in [-0.2, 0) is 6.54 Å². The fourth-order valence-electron chi connectivity index (χ4n) is 3.25. The molecule has 2 rings (SSSR count). The second-order valence-corrected chi connectivity index (χ2v) is 5.95. The Labute approximate surface area is 130 Å². The van der Waals surface area contributed by atoms with E-state index in [0.717, 1.165) is 32.2 Å². The average molecular weight is 289 g/mol. The van der Waals surface area contributed by atoms with Crippen LogP contribution in [0.5, 0.6) is 0 Å². The Morgan fingerprint density at radius 3 is 2.48 bits per heavy atom. The number of nitrogens with one attached hydrogen (secondary N) is 1. The predicted molar refractivity (Wildman–Crippen MR) is 92.0 cm³/mol. The molecule has 0 amide bonds. The van der Waals surface area contributed by atoms with Crippen LogP contribution in [0.2, 0.25) is 0 Å². The Morgan fingerprint density at radius 1 is 1.14 bits per heavy atom. The maximum Gasteiger partial charge on any atom is 0.0366 e. The van der Waals surface area contributed by atoms with Gasteiger partial charge in [0.1, 0.15) is 0 Å². The Morgan fingerprint density at radius 2 is 1.86 bits per heavy atom. The molecule has 0 spiro atoms. The number of likely N-dealkylation sites (N-methyl/N-ethyl adjacent to an activating group) is 1. The molecule has 1 atom stereocenters. The third-order valence-electron chi connectivity index (χ3n) is 4.55. The summed E-state index contributed by atoms with van der Waals surface area (Å²) in [6.07, 6.45) is 2.49. The lowest BCUT2D eigenvalue weighted by Gasteiger charge is -2.26. The number of anilines is 1. The van der Waals surface area contributed by atoms with Crippen LogP contribution >= 0.6 is 0 Å². The fraction of sp³-hybridized carbons (Fsp3) is 0.667. The Balaban J connectivity index is 1.88. The maximum atomic E-state index is 3.46. The smallest absolute Gasteiger partial charge is 0.0366 e. The van der Waals surface area contributed by atoms with Crippen molar-refractivity contribution in [1.29, 1.82) is 0 Å². The SMILES string of the molecule is CCCNCc1ccc(N2CCC(N(CC)CC)C2)cc1. The second kappa shape index (κ2) is 8.40. The van der Waals surface area contributed by atoms with Gasteiger partial charge in [0.05, 0.1) is 0 Å². The second-order valence-electron chi connectivity index (χ2n) is 5.95. The van der Waals surface area contributed by atoms with Crippen LogP contribution in [0.1, 0.15) is 39.2 Å². The van der Waals surface area contributed by atoms with E-state index in [4.69, 9.17) is 0 Å². The topological polar surface area (TPSA) is 18.5 Å². The first-order chi connectivity index (χ1) is 10.3. The molecule has 1 aliphatic heterocycles. The van der Waals surface area contributed by atoms with Crippen LogP contribution in [0.4, 0.5) is 5.69 Å². The first kappa shape index (κ1) is 16.3. The number of nitrogens with zero attached hydrogens (tertiary/aromatic N) is 2. The molecule has 0 radical (unpaired) electrons. The zero-order valence-electron chi connectivity index (χ0n) is 13.9. The number of rotatable bonds is 8. The molecule has 1 fully saturated rings. The molecule has 1 unspecified atom stereocenters. The van der Waals surface area contributed by atoms with Gasteiger partial charge in [0, 0.05) is 31.4 Å². The highest BCUT2D eigenvalue weighted by atomic mass is 15.2. The molecule has 118 valence electrons. The van der Waals surface area contributed by atoms with Crippen molar-refractivity contribution in [3.05, 3.63) is 29.8 Å². The minimum absolute atomic E-state index is 0.728. The quantitative estimate of drug-likeness (QED) is 0.742. The van der Waals surface area contributed by atoms with Crippen molar-refractivity contribution in [2.75, 3.05) is 37.6 Å². The van der Waals surface area contributed by atoms with E-state index in [1.165, 1.54) is 37.2 Å². The van der Waals surface area contributed by atoms with Crippen LogP contribution in [0, 0.1) is 0 Å². The van der Waals surface area contributed by atoms with Crippen molar-refractivity contribution in [2.45, 2.75) is 46.2 Å². The van der Waals surface area contributed by atoms with Crippen LogP contribution in [-0.4, -0.2) is 43.7 Å². The van der Waals surface area contributed by atoms with Gasteiger partial charge in [-0.3, -0.25) is 4.90 Å². The van der Waals surface area contributed by atoms with E-state index in [2.05, 4.69) is 60.2 Å². The molecule has 3 nitrogen and oxygen atoms in total. The van der Waals surface area contributed by atoms with Gasteiger partial charge in [0.2, 0.25) is 0 Å². The molecule has 3 heteroatoms. The molecule has 0 saturated carbocycles. The summed E-state index contributed by atoms with van der Waals surface area (Å²) in [4.78, 5) is 5.12. The minimum atomic E-state index is 0.728. The minimum Gasteiger partial charge on any atom is -0.370 e. The Hall–Kier alpha value is -1.06. The normalized spacial score (nSPS) is 18.7. The Kier molecular flexibility index (Phi) is 6.52. The molecule has 1 N–H and O–H groups in total. The summed E-state index contributed by atoms with van der Waals surface area (Å²) in [7, 11) is 0. The summed E-state index contributed by atoms with van der Waals surface area (Å²) in [5, 5.41) is 3.46. The van der Waals surface area contributed by atoms with Crippen molar-refractivity contribution < 1.29 is 0 Å². The monoisotopic (exact) mass is 289 g/mol. The lowest BCUT2D eigenvalue weighted by molar-refractivity contribution is 0.232. The van der Waals surface area contributed by atoms with Crippen molar-refractivity contribution in [2.24, 2.45) is 0 Å². The predicted octanol–water partition coefficient (Wildman–Crippen LogP) is 3.11. The van der Waals surface area contributed by atoms with Crippen LogP contribution < -0.4 is 10.2 Å². The van der Waals surface area contributed by atoms with E-state index >= 15 is 0 Å². The lowest BCUT2D eigenvalue weighted by Crippen LogP contribution is -2.37. The number of benzene rings is 1. The summed E-state index contributed by atoms with van der Waals surface area (Å²) in [5.41, 5.74) is 2.76. The zero-order valence-corrected chi connectivity index (χ0v) is 13.9.